The molecule has 0 saturated heterocycles. The molecule has 2 aromatic carbocycles. The largest absolute Gasteiger partial charge is 0.490 e. The van der Waals surface area contributed by atoms with E-state index in [1.807, 2.05) is 48.7 Å². The van der Waals surface area contributed by atoms with Crippen molar-refractivity contribution in [2.75, 3.05) is 39.5 Å². The van der Waals surface area contributed by atoms with Gasteiger partial charge in [-0.15, -0.1) is 11.8 Å². The summed E-state index contributed by atoms with van der Waals surface area (Å²) < 4.78 is 12.9. The Hall–Kier alpha value is -3.27. The van der Waals surface area contributed by atoms with Crippen LogP contribution < -0.4 is 4.74 Å². The predicted octanol–water partition coefficient (Wildman–Crippen LogP) is 3.76. The van der Waals surface area contributed by atoms with Gasteiger partial charge in [0, 0.05) is 73.5 Å². The zero-order chi connectivity index (χ0) is 38.1. The lowest BCUT2D eigenvalue weighted by molar-refractivity contribution is -0.141. The maximum Gasteiger partial charge on any atom is 0.223 e. The van der Waals surface area contributed by atoms with E-state index >= 15 is 0 Å². The number of carbonyl (C=O) groups is 2. The van der Waals surface area contributed by atoms with E-state index in [1.165, 1.54) is 9.80 Å². The molecule has 53 heavy (non-hydrogen) atoms. The van der Waals surface area contributed by atoms with Gasteiger partial charge in [0.1, 0.15) is 30.2 Å². The standard InChI is InChI=1S/C39H50ClN3O9S/c1-42(2)35(47)14-18-43(22-32(45)37(49)38(50)33(46)23-44)36(48)8-5-19-53-27-11-12-31(40)25(20-27)24-51-39(15-16-39)30-21-41-17-13-28(30)29-6-3-4-7-34(29)52-26-9-10-26/h3-4,6-7,11-13,17,20-21,26,32-33,37-38,44-46,49-50H,5,8-10,14-16,18-19,22-24H2,1-2H3. The lowest BCUT2D eigenvalue weighted by atomic mass is 9.96. The van der Waals surface area contributed by atoms with E-state index in [4.69, 9.17) is 26.2 Å². The maximum absolute atomic E-state index is 13.2. The molecule has 1 aromatic heterocycles. The number of aliphatic hydroxyl groups excluding tert-OH is 5. The van der Waals surface area contributed by atoms with Crippen LogP contribution in [0, 0.1) is 0 Å². The third kappa shape index (κ3) is 11.1. The summed E-state index contributed by atoms with van der Waals surface area (Å²) in [7, 11) is 3.19. The molecule has 1 heterocycles. The van der Waals surface area contributed by atoms with Crippen molar-refractivity contribution in [1.82, 2.24) is 14.8 Å². The Morgan fingerprint density at radius 3 is 2.42 bits per heavy atom. The molecule has 14 heteroatoms. The number of halogens is 1. The first-order chi connectivity index (χ1) is 25.4. The first-order valence-electron chi connectivity index (χ1n) is 18.0. The molecule has 0 radical (unpaired) electrons. The minimum absolute atomic E-state index is 0.000737. The van der Waals surface area contributed by atoms with Crippen molar-refractivity contribution in [3.8, 4) is 16.9 Å². The number of carbonyl (C=O) groups excluding carboxylic acids is 2. The third-order valence-corrected chi connectivity index (χ3v) is 11.0. The van der Waals surface area contributed by atoms with E-state index in [2.05, 4.69) is 11.1 Å². The zero-order valence-corrected chi connectivity index (χ0v) is 31.7. The van der Waals surface area contributed by atoms with Gasteiger partial charge in [-0.3, -0.25) is 14.6 Å². The molecule has 288 valence electrons. The van der Waals surface area contributed by atoms with E-state index in [-0.39, 0.29) is 43.8 Å². The van der Waals surface area contributed by atoms with Gasteiger partial charge in [0.25, 0.3) is 0 Å². The third-order valence-electron chi connectivity index (χ3n) is 9.52. The Bertz CT molecular complexity index is 1690. The van der Waals surface area contributed by atoms with Crippen LogP contribution in [0.2, 0.25) is 5.02 Å². The van der Waals surface area contributed by atoms with Gasteiger partial charge >= 0.3 is 0 Å². The number of hydrogen-bond acceptors (Lipinski definition) is 11. The topological polar surface area (TPSA) is 173 Å². The van der Waals surface area contributed by atoms with Gasteiger partial charge in [-0.1, -0.05) is 29.8 Å². The Morgan fingerprint density at radius 1 is 0.981 bits per heavy atom. The number of hydrogen-bond donors (Lipinski definition) is 5. The van der Waals surface area contributed by atoms with Crippen molar-refractivity contribution < 1.29 is 44.6 Å². The first-order valence-corrected chi connectivity index (χ1v) is 19.4. The molecule has 2 saturated carbocycles. The Labute approximate surface area is 319 Å². The van der Waals surface area contributed by atoms with Gasteiger partial charge in [0.2, 0.25) is 11.8 Å². The van der Waals surface area contributed by atoms with Crippen molar-refractivity contribution in [1.29, 1.82) is 0 Å². The monoisotopic (exact) mass is 771 g/mol. The molecule has 0 spiro atoms. The molecule has 5 N–H and O–H groups in total. The number of para-hydroxylation sites is 1. The predicted molar refractivity (Wildman–Crippen MR) is 201 cm³/mol. The van der Waals surface area contributed by atoms with E-state index in [0.29, 0.717) is 23.8 Å². The number of nitrogens with zero attached hydrogens (tertiary/aromatic N) is 3. The van der Waals surface area contributed by atoms with E-state index in [9.17, 15) is 30.0 Å². The molecule has 12 nitrogen and oxygen atoms in total. The van der Waals surface area contributed by atoms with Crippen LogP contribution in [0.5, 0.6) is 5.75 Å². The van der Waals surface area contributed by atoms with Crippen LogP contribution in [0.3, 0.4) is 0 Å². The SMILES string of the molecule is CN(C)C(=O)CCN(CC(O)C(O)C(O)C(O)CO)C(=O)CCCSc1ccc(Cl)c(COC2(c3cnccc3-c3ccccc3OC3CC3)CC2)c1. The summed E-state index contributed by atoms with van der Waals surface area (Å²) in [5.74, 6) is 0.905. The molecule has 2 aliphatic carbocycles. The Kier molecular flexibility index (Phi) is 14.6. The number of amides is 2. The summed E-state index contributed by atoms with van der Waals surface area (Å²) in [6.45, 7) is -0.885. The van der Waals surface area contributed by atoms with Crippen molar-refractivity contribution in [2.45, 2.75) is 92.6 Å². The average molecular weight is 772 g/mol. The van der Waals surface area contributed by atoms with E-state index in [1.54, 1.807) is 32.1 Å². The minimum atomic E-state index is -1.82. The smallest absolute Gasteiger partial charge is 0.223 e. The molecule has 2 aliphatic rings. The van der Waals surface area contributed by atoms with Crippen LogP contribution in [-0.2, 0) is 26.5 Å². The number of pyridine rings is 1. The summed E-state index contributed by atoms with van der Waals surface area (Å²) in [4.78, 5) is 33.6. The second kappa shape index (κ2) is 18.9. The second-order valence-corrected chi connectivity index (χ2v) is 15.5. The maximum atomic E-state index is 13.2. The quantitative estimate of drug-likeness (QED) is 0.0789. The Morgan fingerprint density at radius 2 is 1.72 bits per heavy atom. The van der Waals surface area contributed by atoms with Crippen molar-refractivity contribution in [3.63, 3.8) is 0 Å². The van der Waals surface area contributed by atoms with Crippen molar-refractivity contribution in [2.24, 2.45) is 0 Å². The summed E-state index contributed by atoms with van der Waals surface area (Å²) >= 11 is 8.20. The number of thioether (sulfide) groups is 1. The first kappa shape index (κ1) is 40.9. The summed E-state index contributed by atoms with van der Waals surface area (Å²) in [5.41, 5.74) is 3.47. The van der Waals surface area contributed by atoms with Crippen LogP contribution >= 0.6 is 23.4 Å². The number of aromatic nitrogens is 1. The summed E-state index contributed by atoms with van der Waals surface area (Å²) in [6.07, 6.45) is 1.49. The fraction of sp³-hybridized carbons (Fsp3) is 0.513. The van der Waals surface area contributed by atoms with Gasteiger partial charge in [-0.05, 0) is 79.3 Å². The molecule has 2 amide bonds. The highest BCUT2D eigenvalue weighted by Crippen LogP contribution is 2.53. The van der Waals surface area contributed by atoms with E-state index < -0.39 is 36.6 Å². The molecule has 0 aliphatic heterocycles. The summed E-state index contributed by atoms with van der Waals surface area (Å²) in [6, 6.07) is 15.9. The van der Waals surface area contributed by atoms with Crippen LogP contribution in [0.15, 0.2) is 65.8 Å². The van der Waals surface area contributed by atoms with Gasteiger partial charge in [-0.2, -0.15) is 0 Å². The average Bonchev–Trinajstić information content (AvgIpc) is 4.11. The number of ether oxygens (including phenoxy) is 2. The second-order valence-electron chi connectivity index (χ2n) is 13.9. The molecule has 2 fully saturated rings. The number of rotatable bonds is 21. The highest BCUT2D eigenvalue weighted by molar-refractivity contribution is 7.99. The van der Waals surface area contributed by atoms with E-state index in [0.717, 1.165) is 58.6 Å². The van der Waals surface area contributed by atoms with Gasteiger partial charge < -0.3 is 44.8 Å². The molecule has 4 atom stereocenters. The van der Waals surface area contributed by atoms with Gasteiger partial charge in [0.15, 0.2) is 0 Å². The van der Waals surface area contributed by atoms with Crippen LogP contribution in [0.4, 0.5) is 0 Å². The molecular formula is C39H50ClN3O9S. The summed E-state index contributed by atoms with van der Waals surface area (Å²) in [5, 5.41) is 50.2. The molecular weight excluding hydrogens is 722 g/mol. The van der Waals surface area contributed by atoms with Crippen molar-refractivity contribution in [3.05, 3.63) is 77.1 Å². The highest BCUT2D eigenvalue weighted by atomic mass is 35.5. The lowest BCUT2D eigenvalue weighted by Crippen LogP contribution is -2.51. The van der Waals surface area contributed by atoms with Crippen LogP contribution in [0.1, 0.15) is 56.1 Å². The van der Waals surface area contributed by atoms with Gasteiger partial charge in [0.05, 0.1) is 24.9 Å². The number of aliphatic hydroxyl groups is 5. The van der Waals surface area contributed by atoms with Crippen molar-refractivity contribution >= 4 is 35.2 Å². The molecule has 3 aromatic rings. The minimum Gasteiger partial charge on any atom is -0.490 e. The van der Waals surface area contributed by atoms with Gasteiger partial charge in [-0.25, -0.2) is 0 Å². The van der Waals surface area contributed by atoms with Crippen LogP contribution in [-0.4, -0.2) is 122 Å². The lowest BCUT2D eigenvalue weighted by Gasteiger charge is -2.30. The zero-order valence-electron chi connectivity index (χ0n) is 30.1. The highest BCUT2D eigenvalue weighted by Gasteiger charge is 2.48. The normalized spacial score (nSPS) is 17.1. The fourth-order valence-electron chi connectivity index (χ4n) is 5.96. The number of benzene rings is 2. The Balaban J connectivity index is 1.17. The fourth-order valence-corrected chi connectivity index (χ4v) is 7.05. The molecule has 4 unspecified atom stereocenters. The molecule has 0 bridgehead atoms. The molecule has 5 rings (SSSR count). The van der Waals surface area contributed by atoms with Crippen LogP contribution in [0.25, 0.3) is 11.1 Å².